The average Bonchev–Trinajstić information content (AvgIpc) is 2.68. The summed E-state index contributed by atoms with van der Waals surface area (Å²) in [5.74, 6) is 0.855. The van der Waals surface area contributed by atoms with Crippen molar-refractivity contribution in [2.75, 3.05) is 18.0 Å². The number of aromatic nitrogens is 1. The summed E-state index contributed by atoms with van der Waals surface area (Å²) in [5, 5.41) is 10.8. The molecule has 2 heterocycles. The Balaban J connectivity index is 2.09. The largest absolute Gasteiger partial charge is 0.511 e. The molecule has 1 saturated heterocycles. The van der Waals surface area contributed by atoms with Crippen LogP contribution in [0.25, 0.3) is 22.0 Å². The number of hydrogen-bond donors (Lipinski definition) is 1. The Bertz CT molecular complexity index is 1030. The lowest BCUT2D eigenvalue weighted by Crippen LogP contribution is -2.31. The zero-order chi connectivity index (χ0) is 19.7. The van der Waals surface area contributed by atoms with Crippen molar-refractivity contribution in [3.8, 4) is 16.9 Å². The Morgan fingerprint density at radius 3 is 2.54 bits per heavy atom. The van der Waals surface area contributed by atoms with E-state index in [-0.39, 0.29) is 5.75 Å². The van der Waals surface area contributed by atoms with Gasteiger partial charge in [-0.15, -0.1) is 0 Å². The Labute approximate surface area is 168 Å². The number of halogens is 1. The van der Waals surface area contributed by atoms with Crippen LogP contribution < -0.4 is 9.64 Å². The Hall–Kier alpha value is -2.79. The average molecular weight is 397 g/mol. The standard InChI is InChI=1S/C22H21ClN2O3/c1-14-12-16(23)13-17-18(15-8-4-2-5-9-15)20(28-22(26)27)21(24-19(14)17)25-10-6-3-7-11-25/h2,4-5,8-9,12-13H,3,6-7,10-11H2,1H3,(H,26,27). The molecule has 0 atom stereocenters. The van der Waals surface area contributed by atoms with Gasteiger partial charge in [0.1, 0.15) is 0 Å². The van der Waals surface area contributed by atoms with Crippen LogP contribution in [0.5, 0.6) is 5.75 Å². The lowest BCUT2D eigenvalue weighted by Gasteiger charge is -2.30. The van der Waals surface area contributed by atoms with E-state index >= 15 is 0 Å². The highest BCUT2D eigenvalue weighted by Crippen LogP contribution is 2.44. The molecular weight excluding hydrogens is 376 g/mol. The van der Waals surface area contributed by atoms with Crippen LogP contribution in [0, 0.1) is 6.92 Å². The number of rotatable bonds is 3. The van der Waals surface area contributed by atoms with Crippen LogP contribution in [0.15, 0.2) is 42.5 Å². The summed E-state index contributed by atoms with van der Waals surface area (Å²) in [5.41, 5.74) is 3.33. The smallest absolute Gasteiger partial charge is 0.449 e. The van der Waals surface area contributed by atoms with Crippen molar-refractivity contribution in [2.45, 2.75) is 26.2 Å². The molecule has 4 rings (SSSR count). The van der Waals surface area contributed by atoms with Gasteiger partial charge >= 0.3 is 6.16 Å². The number of piperidine rings is 1. The molecule has 3 aromatic rings. The number of benzene rings is 2. The number of fused-ring (bicyclic) bond motifs is 1. The molecule has 0 amide bonds. The first-order chi connectivity index (χ1) is 13.5. The van der Waals surface area contributed by atoms with Gasteiger partial charge in [0.15, 0.2) is 11.6 Å². The van der Waals surface area contributed by atoms with E-state index in [1.807, 2.05) is 49.4 Å². The molecule has 144 valence electrons. The molecule has 0 radical (unpaired) electrons. The Kier molecular flexibility index (Phi) is 5.09. The third kappa shape index (κ3) is 3.50. The molecule has 0 unspecified atom stereocenters. The second kappa shape index (κ2) is 7.68. The third-order valence-corrected chi connectivity index (χ3v) is 5.31. The fourth-order valence-electron chi connectivity index (χ4n) is 3.86. The van der Waals surface area contributed by atoms with E-state index in [0.29, 0.717) is 16.4 Å². The highest BCUT2D eigenvalue weighted by molar-refractivity contribution is 6.31. The van der Waals surface area contributed by atoms with Gasteiger partial charge < -0.3 is 14.7 Å². The number of aryl methyl sites for hydroxylation is 1. The number of pyridine rings is 1. The molecule has 1 aliphatic rings. The maximum Gasteiger partial charge on any atom is 0.511 e. The van der Waals surface area contributed by atoms with Crippen LogP contribution >= 0.6 is 11.6 Å². The van der Waals surface area contributed by atoms with E-state index in [2.05, 4.69) is 4.90 Å². The van der Waals surface area contributed by atoms with Gasteiger partial charge in [-0.3, -0.25) is 0 Å². The van der Waals surface area contributed by atoms with E-state index in [4.69, 9.17) is 21.3 Å². The second-order valence-corrected chi connectivity index (χ2v) is 7.48. The lowest BCUT2D eigenvalue weighted by molar-refractivity contribution is 0.144. The van der Waals surface area contributed by atoms with Crippen molar-refractivity contribution < 1.29 is 14.6 Å². The van der Waals surface area contributed by atoms with Gasteiger partial charge in [-0.25, -0.2) is 9.78 Å². The molecule has 1 N–H and O–H groups in total. The highest BCUT2D eigenvalue weighted by atomic mass is 35.5. The fraction of sp³-hybridized carbons (Fsp3) is 0.273. The third-order valence-electron chi connectivity index (χ3n) is 5.09. The lowest BCUT2D eigenvalue weighted by atomic mass is 9.97. The van der Waals surface area contributed by atoms with Crippen LogP contribution in [0.1, 0.15) is 24.8 Å². The molecule has 6 heteroatoms. The zero-order valence-corrected chi connectivity index (χ0v) is 16.4. The number of hydrogen-bond acceptors (Lipinski definition) is 4. The van der Waals surface area contributed by atoms with Crippen LogP contribution in [-0.4, -0.2) is 29.3 Å². The number of carboxylic acid groups (broad SMARTS) is 1. The van der Waals surface area contributed by atoms with Gasteiger partial charge in [0.25, 0.3) is 0 Å². The van der Waals surface area contributed by atoms with Gasteiger partial charge in [0, 0.05) is 29.1 Å². The van der Waals surface area contributed by atoms with Crippen molar-refractivity contribution in [2.24, 2.45) is 0 Å². The van der Waals surface area contributed by atoms with Gasteiger partial charge in [-0.1, -0.05) is 41.9 Å². The first-order valence-corrected chi connectivity index (χ1v) is 9.77. The predicted molar refractivity (Wildman–Crippen MR) is 112 cm³/mol. The minimum Gasteiger partial charge on any atom is -0.449 e. The number of anilines is 1. The Morgan fingerprint density at radius 1 is 1.14 bits per heavy atom. The minimum absolute atomic E-state index is 0.273. The SMILES string of the molecule is Cc1cc(Cl)cc2c(-c3ccccc3)c(OC(=O)O)c(N3CCCCC3)nc12. The van der Waals surface area contributed by atoms with E-state index in [1.165, 1.54) is 6.42 Å². The topological polar surface area (TPSA) is 62.7 Å². The maximum atomic E-state index is 11.6. The summed E-state index contributed by atoms with van der Waals surface area (Å²) >= 11 is 6.33. The maximum absolute atomic E-state index is 11.6. The Morgan fingerprint density at radius 2 is 1.86 bits per heavy atom. The normalized spacial score (nSPS) is 14.3. The summed E-state index contributed by atoms with van der Waals surface area (Å²) in [6.45, 7) is 3.62. The zero-order valence-electron chi connectivity index (χ0n) is 15.6. The fourth-order valence-corrected chi connectivity index (χ4v) is 4.13. The van der Waals surface area contributed by atoms with Gasteiger partial charge in [-0.05, 0) is 49.4 Å². The van der Waals surface area contributed by atoms with E-state index in [0.717, 1.165) is 48.0 Å². The first-order valence-electron chi connectivity index (χ1n) is 9.39. The highest BCUT2D eigenvalue weighted by Gasteiger charge is 2.26. The van der Waals surface area contributed by atoms with Crippen molar-refractivity contribution in [1.29, 1.82) is 0 Å². The molecule has 0 spiro atoms. The van der Waals surface area contributed by atoms with Crippen LogP contribution in [0.3, 0.4) is 0 Å². The summed E-state index contributed by atoms with van der Waals surface area (Å²) < 4.78 is 5.34. The molecular formula is C22H21ClN2O3. The summed E-state index contributed by atoms with van der Waals surface area (Å²) in [7, 11) is 0. The van der Waals surface area contributed by atoms with Crippen molar-refractivity contribution in [3.63, 3.8) is 0 Å². The quantitative estimate of drug-likeness (QED) is 0.557. The van der Waals surface area contributed by atoms with Gasteiger partial charge in [0.05, 0.1) is 5.52 Å². The number of carbonyl (C=O) groups is 1. The molecule has 0 saturated carbocycles. The van der Waals surface area contributed by atoms with Crippen molar-refractivity contribution >= 4 is 34.5 Å². The molecule has 1 aromatic heterocycles. The van der Waals surface area contributed by atoms with Crippen LogP contribution in [-0.2, 0) is 0 Å². The molecule has 28 heavy (non-hydrogen) atoms. The van der Waals surface area contributed by atoms with Crippen LogP contribution in [0.4, 0.5) is 10.6 Å². The molecule has 2 aromatic carbocycles. The summed E-state index contributed by atoms with van der Waals surface area (Å²) in [6.07, 6.45) is 1.91. The van der Waals surface area contributed by atoms with E-state index in [9.17, 15) is 9.90 Å². The number of nitrogens with zero attached hydrogens (tertiary/aromatic N) is 2. The van der Waals surface area contributed by atoms with Gasteiger partial charge in [-0.2, -0.15) is 0 Å². The summed E-state index contributed by atoms with van der Waals surface area (Å²) in [4.78, 5) is 18.5. The molecule has 5 nitrogen and oxygen atoms in total. The molecule has 1 aliphatic heterocycles. The van der Waals surface area contributed by atoms with Gasteiger partial charge in [0.2, 0.25) is 0 Å². The molecule has 1 fully saturated rings. The van der Waals surface area contributed by atoms with E-state index < -0.39 is 6.16 Å². The molecule has 0 aliphatic carbocycles. The summed E-state index contributed by atoms with van der Waals surface area (Å²) in [6, 6.07) is 13.4. The van der Waals surface area contributed by atoms with Crippen molar-refractivity contribution in [1.82, 2.24) is 4.98 Å². The van der Waals surface area contributed by atoms with Crippen molar-refractivity contribution in [3.05, 3.63) is 53.1 Å². The second-order valence-electron chi connectivity index (χ2n) is 7.04. The van der Waals surface area contributed by atoms with Crippen LogP contribution in [0.2, 0.25) is 5.02 Å². The predicted octanol–water partition coefficient (Wildman–Crippen LogP) is 5.91. The number of ether oxygens (including phenoxy) is 1. The monoisotopic (exact) mass is 396 g/mol. The first kappa shape index (κ1) is 18.6. The molecule has 0 bridgehead atoms. The minimum atomic E-state index is -1.35. The van der Waals surface area contributed by atoms with E-state index in [1.54, 1.807) is 0 Å².